The van der Waals surface area contributed by atoms with Gasteiger partial charge in [-0.2, -0.15) is 4.80 Å². The van der Waals surface area contributed by atoms with Crippen molar-refractivity contribution in [3.05, 3.63) is 41.7 Å². The Labute approximate surface area is 141 Å². The average Bonchev–Trinajstić information content (AvgIpc) is 3.23. The fourth-order valence-electron chi connectivity index (χ4n) is 2.79. The molecule has 0 aliphatic carbocycles. The Morgan fingerprint density at radius 1 is 1.33 bits per heavy atom. The number of hydrogen-bond donors (Lipinski definition) is 1. The van der Waals surface area contributed by atoms with Gasteiger partial charge in [0.2, 0.25) is 0 Å². The molecule has 1 aliphatic heterocycles. The molecule has 3 rings (SSSR count). The maximum Gasteiger partial charge on any atom is 0.257 e. The second kappa shape index (κ2) is 6.32. The number of tetrazole rings is 1. The van der Waals surface area contributed by atoms with Gasteiger partial charge in [0.05, 0.1) is 12.1 Å². The number of benzene rings is 1. The van der Waals surface area contributed by atoms with Crippen LogP contribution in [0, 0.1) is 0 Å². The number of rotatable bonds is 4. The Hall–Kier alpha value is -2.28. The molecule has 0 bridgehead atoms. The summed E-state index contributed by atoms with van der Waals surface area (Å²) in [5.41, 5.74) is -0.276. The summed E-state index contributed by atoms with van der Waals surface area (Å²) in [6.45, 7) is 6.79. The van der Waals surface area contributed by atoms with Gasteiger partial charge < -0.3 is 10.1 Å². The predicted molar refractivity (Wildman–Crippen MR) is 88.0 cm³/mol. The van der Waals surface area contributed by atoms with E-state index in [-0.39, 0.29) is 18.0 Å². The molecule has 1 atom stereocenters. The van der Waals surface area contributed by atoms with Crippen LogP contribution in [0.15, 0.2) is 30.3 Å². The van der Waals surface area contributed by atoms with Crippen LogP contribution in [0.2, 0.25) is 0 Å². The number of ether oxygens (including phenoxy) is 1. The van der Waals surface area contributed by atoms with Crippen LogP contribution in [0.1, 0.15) is 45.0 Å². The lowest BCUT2D eigenvalue weighted by Gasteiger charge is -2.27. The molecule has 1 unspecified atom stereocenters. The summed E-state index contributed by atoms with van der Waals surface area (Å²) in [6.07, 6.45) is 1.53. The van der Waals surface area contributed by atoms with E-state index >= 15 is 0 Å². The van der Waals surface area contributed by atoms with Gasteiger partial charge in [-0.3, -0.25) is 4.79 Å². The minimum Gasteiger partial charge on any atom is -0.360 e. The van der Waals surface area contributed by atoms with E-state index in [1.165, 1.54) is 0 Å². The molecule has 1 saturated heterocycles. The first-order valence-electron chi connectivity index (χ1n) is 8.19. The molecule has 1 amide bonds. The summed E-state index contributed by atoms with van der Waals surface area (Å²) in [5, 5.41) is 15.3. The van der Waals surface area contributed by atoms with Crippen molar-refractivity contribution in [2.75, 3.05) is 6.61 Å². The third-order valence-corrected chi connectivity index (χ3v) is 4.09. The molecule has 7 heteroatoms. The number of aromatic nitrogens is 4. The predicted octanol–water partition coefficient (Wildman–Crippen LogP) is 1.75. The van der Waals surface area contributed by atoms with E-state index in [4.69, 9.17) is 4.74 Å². The van der Waals surface area contributed by atoms with E-state index in [0.717, 1.165) is 12.0 Å². The van der Waals surface area contributed by atoms with Crippen molar-refractivity contribution in [2.24, 2.45) is 0 Å². The molecule has 0 spiro atoms. The van der Waals surface area contributed by atoms with Gasteiger partial charge in [0.15, 0.2) is 11.4 Å². The number of amides is 1. The zero-order valence-electron chi connectivity index (χ0n) is 14.3. The average molecular weight is 329 g/mol. The van der Waals surface area contributed by atoms with Crippen LogP contribution in [-0.4, -0.2) is 32.7 Å². The van der Waals surface area contributed by atoms with Crippen molar-refractivity contribution in [1.29, 1.82) is 0 Å². The Kier molecular flexibility index (Phi) is 4.36. The SMILES string of the molecule is CC(C)(C)n1nnc(CNC(=O)C2(c3ccccc3)CCCO2)n1. The third kappa shape index (κ3) is 3.17. The summed E-state index contributed by atoms with van der Waals surface area (Å²) in [6, 6.07) is 9.63. The highest BCUT2D eigenvalue weighted by atomic mass is 16.5. The van der Waals surface area contributed by atoms with Crippen molar-refractivity contribution >= 4 is 5.91 Å². The summed E-state index contributed by atoms with van der Waals surface area (Å²) in [5.74, 6) is 0.331. The van der Waals surface area contributed by atoms with Crippen molar-refractivity contribution in [3.8, 4) is 0 Å². The lowest BCUT2D eigenvalue weighted by atomic mass is 9.90. The summed E-state index contributed by atoms with van der Waals surface area (Å²) in [7, 11) is 0. The molecule has 7 nitrogen and oxygen atoms in total. The lowest BCUT2D eigenvalue weighted by molar-refractivity contribution is -0.142. The first kappa shape index (κ1) is 16.6. The molecular formula is C17H23N5O2. The van der Waals surface area contributed by atoms with Crippen LogP contribution in [0.5, 0.6) is 0 Å². The fourth-order valence-corrected chi connectivity index (χ4v) is 2.79. The van der Waals surface area contributed by atoms with E-state index in [1.807, 2.05) is 51.1 Å². The van der Waals surface area contributed by atoms with Gasteiger partial charge in [0.25, 0.3) is 5.91 Å². The fraction of sp³-hybridized carbons (Fsp3) is 0.529. The molecule has 2 aromatic rings. The largest absolute Gasteiger partial charge is 0.360 e. The van der Waals surface area contributed by atoms with Gasteiger partial charge in [-0.25, -0.2) is 0 Å². The zero-order chi connectivity index (χ0) is 17.2. The molecule has 2 heterocycles. The van der Waals surface area contributed by atoms with Crippen molar-refractivity contribution in [1.82, 2.24) is 25.5 Å². The Bertz CT molecular complexity index is 699. The van der Waals surface area contributed by atoms with Gasteiger partial charge in [0, 0.05) is 6.61 Å². The van der Waals surface area contributed by atoms with Gasteiger partial charge in [-0.15, -0.1) is 10.2 Å². The maximum absolute atomic E-state index is 12.8. The summed E-state index contributed by atoms with van der Waals surface area (Å²) in [4.78, 5) is 14.4. The molecule has 1 aliphatic rings. The third-order valence-electron chi connectivity index (χ3n) is 4.09. The van der Waals surface area contributed by atoms with Crippen LogP contribution < -0.4 is 5.32 Å². The lowest BCUT2D eigenvalue weighted by Crippen LogP contribution is -2.44. The normalized spacial score (nSPS) is 21.0. The molecular weight excluding hydrogens is 306 g/mol. The quantitative estimate of drug-likeness (QED) is 0.924. The van der Waals surface area contributed by atoms with Crippen molar-refractivity contribution in [2.45, 2.75) is 51.3 Å². The highest BCUT2D eigenvalue weighted by Crippen LogP contribution is 2.36. The molecule has 0 radical (unpaired) electrons. The second-order valence-corrected chi connectivity index (χ2v) is 6.99. The van der Waals surface area contributed by atoms with E-state index < -0.39 is 5.60 Å². The standard InChI is InChI=1S/C17H23N5O2/c1-16(2,3)22-20-14(19-21-22)12-18-15(23)17(10-7-11-24-17)13-8-5-4-6-9-13/h4-6,8-9H,7,10-12H2,1-3H3,(H,18,23). The molecule has 1 aromatic carbocycles. The highest BCUT2D eigenvalue weighted by molar-refractivity contribution is 5.86. The first-order valence-corrected chi connectivity index (χ1v) is 8.19. The van der Waals surface area contributed by atoms with Crippen LogP contribution in [0.25, 0.3) is 0 Å². The van der Waals surface area contributed by atoms with Crippen LogP contribution in [0.3, 0.4) is 0 Å². The maximum atomic E-state index is 12.8. The first-order chi connectivity index (χ1) is 11.4. The summed E-state index contributed by atoms with van der Waals surface area (Å²) < 4.78 is 5.86. The van der Waals surface area contributed by atoms with Crippen LogP contribution in [-0.2, 0) is 27.2 Å². The number of nitrogens with one attached hydrogen (secondary N) is 1. The minimum atomic E-state index is -0.915. The topological polar surface area (TPSA) is 81.9 Å². The number of hydrogen-bond acceptors (Lipinski definition) is 5. The second-order valence-electron chi connectivity index (χ2n) is 6.99. The van der Waals surface area contributed by atoms with E-state index in [1.54, 1.807) is 4.80 Å². The number of nitrogens with zero attached hydrogens (tertiary/aromatic N) is 4. The van der Waals surface area contributed by atoms with Crippen LogP contribution >= 0.6 is 0 Å². The highest BCUT2D eigenvalue weighted by Gasteiger charge is 2.44. The van der Waals surface area contributed by atoms with Gasteiger partial charge >= 0.3 is 0 Å². The molecule has 128 valence electrons. The van der Waals surface area contributed by atoms with E-state index in [9.17, 15) is 4.79 Å². The van der Waals surface area contributed by atoms with Crippen molar-refractivity contribution < 1.29 is 9.53 Å². The van der Waals surface area contributed by atoms with Crippen LogP contribution in [0.4, 0.5) is 0 Å². The molecule has 0 saturated carbocycles. The Morgan fingerprint density at radius 2 is 2.08 bits per heavy atom. The summed E-state index contributed by atoms with van der Waals surface area (Å²) >= 11 is 0. The Morgan fingerprint density at radius 3 is 2.67 bits per heavy atom. The molecule has 1 aromatic heterocycles. The molecule has 1 fully saturated rings. The van der Waals surface area contributed by atoms with Gasteiger partial charge in [-0.1, -0.05) is 30.3 Å². The Balaban J connectivity index is 1.72. The number of carbonyl (C=O) groups is 1. The van der Waals surface area contributed by atoms with E-state index in [0.29, 0.717) is 18.9 Å². The smallest absolute Gasteiger partial charge is 0.257 e. The monoisotopic (exact) mass is 329 g/mol. The zero-order valence-corrected chi connectivity index (χ0v) is 14.3. The molecule has 1 N–H and O–H groups in total. The van der Waals surface area contributed by atoms with Gasteiger partial charge in [-0.05, 0) is 44.4 Å². The van der Waals surface area contributed by atoms with Gasteiger partial charge in [0.1, 0.15) is 0 Å². The van der Waals surface area contributed by atoms with Crippen molar-refractivity contribution in [3.63, 3.8) is 0 Å². The minimum absolute atomic E-state index is 0.154. The molecule has 24 heavy (non-hydrogen) atoms. The van der Waals surface area contributed by atoms with E-state index in [2.05, 4.69) is 20.7 Å². The number of carbonyl (C=O) groups excluding carboxylic acids is 1.